The molecule has 0 bridgehead atoms. The Kier molecular flexibility index (Phi) is 2.68. The van der Waals surface area contributed by atoms with Crippen molar-refractivity contribution in [1.29, 1.82) is 0 Å². The fourth-order valence-corrected chi connectivity index (χ4v) is 1.64. The van der Waals surface area contributed by atoms with E-state index in [-0.39, 0.29) is 10.8 Å². The first-order chi connectivity index (χ1) is 7.47. The van der Waals surface area contributed by atoms with Crippen molar-refractivity contribution in [2.24, 2.45) is 0 Å². The molecule has 16 heavy (non-hydrogen) atoms. The Hall–Kier alpha value is -1.42. The molecule has 0 unspecified atom stereocenters. The van der Waals surface area contributed by atoms with Gasteiger partial charge in [-0.2, -0.15) is 0 Å². The maximum absolute atomic E-state index is 12.2. The Balaban J connectivity index is 2.62. The number of ether oxygens (including phenoxy) is 1. The van der Waals surface area contributed by atoms with Crippen molar-refractivity contribution in [3.05, 3.63) is 41.4 Å². The summed E-state index contributed by atoms with van der Waals surface area (Å²) < 4.78 is 40.4. The molecule has 2 aromatic carbocycles. The molecule has 1 nitrogen and oxygen atoms in total. The van der Waals surface area contributed by atoms with Crippen molar-refractivity contribution in [2.45, 2.75) is 6.36 Å². The predicted octanol–water partition coefficient (Wildman–Crippen LogP) is 4.39. The third kappa shape index (κ3) is 2.22. The van der Waals surface area contributed by atoms with E-state index in [9.17, 15) is 13.2 Å². The Morgan fingerprint density at radius 2 is 1.69 bits per heavy atom. The van der Waals surface area contributed by atoms with Crippen LogP contribution in [-0.4, -0.2) is 6.36 Å². The lowest BCUT2D eigenvalue weighted by Crippen LogP contribution is -2.17. The highest BCUT2D eigenvalue weighted by atomic mass is 35.5. The molecular formula is C11H6ClF3O. The van der Waals surface area contributed by atoms with Crippen LogP contribution in [0, 0.1) is 0 Å². The Bertz CT molecular complexity index is 522. The Morgan fingerprint density at radius 1 is 1.00 bits per heavy atom. The molecular weight excluding hydrogens is 241 g/mol. The molecule has 0 aliphatic rings. The molecule has 2 aromatic rings. The fourth-order valence-electron chi connectivity index (χ4n) is 1.44. The molecule has 0 fully saturated rings. The lowest BCUT2D eigenvalue weighted by Gasteiger charge is -2.12. The minimum absolute atomic E-state index is 0.0592. The molecule has 0 amide bonds. The number of rotatable bonds is 1. The summed E-state index contributed by atoms with van der Waals surface area (Å²) >= 11 is 5.68. The van der Waals surface area contributed by atoms with Gasteiger partial charge in [0.1, 0.15) is 0 Å². The molecule has 2 rings (SSSR count). The second-order valence-electron chi connectivity index (χ2n) is 3.15. The summed E-state index contributed by atoms with van der Waals surface area (Å²) in [4.78, 5) is 0. The number of alkyl halides is 3. The molecule has 0 spiro atoms. The van der Waals surface area contributed by atoms with Gasteiger partial charge < -0.3 is 4.74 Å². The van der Waals surface area contributed by atoms with Gasteiger partial charge in [0, 0.05) is 5.39 Å². The van der Waals surface area contributed by atoms with Crippen LogP contribution in [0.15, 0.2) is 36.4 Å². The zero-order valence-corrected chi connectivity index (χ0v) is 8.64. The van der Waals surface area contributed by atoms with Gasteiger partial charge in [-0.15, -0.1) is 13.2 Å². The molecule has 0 atom stereocenters. The zero-order valence-electron chi connectivity index (χ0n) is 7.88. The van der Waals surface area contributed by atoms with Gasteiger partial charge in [-0.1, -0.05) is 41.9 Å². The second-order valence-corrected chi connectivity index (χ2v) is 3.55. The van der Waals surface area contributed by atoms with Gasteiger partial charge in [-0.05, 0) is 11.5 Å². The second kappa shape index (κ2) is 3.87. The van der Waals surface area contributed by atoms with Crippen molar-refractivity contribution >= 4 is 22.4 Å². The van der Waals surface area contributed by atoms with Gasteiger partial charge in [0.15, 0.2) is 5.75 Å². The van der Waals surface area contributed by atoms with Crippen LogP contribution in [0.1, 0.15) is 0 Å². The van der Waals surface area contributed by atoms with Gasteiger partial charge in [0.25, 0.3) is 0 Å². The third-order valence-corrected chi connectivity index (χ3v) is 2.35. The normalized spacial score (nSPS) is 11.8. The molecule has 0 saturated carbocycles. The average molecular weight is 247 g/mol. The fraction of sp³-hybridized carbons (Fsp3) is 0.0909. The Labute approximate surface area is 94.4 Å². The van der Waals surface area contributed by atoms with Crippen LogP contribution in [0.5, 0.6) is 5.75 Å². The molecule has 0 radical (unpaired) electrons. The highest BCUT2D eigenvalue weighted by molar-refractivity contribution is 6.33. The minimum Gasteiger partial charge on any atom is -0.404 e. The van der Waals surface area contributed by atoms with Gasteiger partial charge in [0.05, 0.1) is 5.02 Å². The SMILES string of the molecule is FC(F)(F)Oc1c(Cl)ccc2ccccc12. The van der Waals surface area contributed by atoms with Crippen LogP contribution in [0.2, 0.25) is 5.02 Å². The molecule has 0 heterocycles. The van der Waals surface area contributed by atoms with Crippen LogP contribution in [0.25, 0.3) is 10.8 Å². The van der Waals surface area contributed by atoms with Crippen LogP contribution in [-0.2, 0) is 0 Å². The van der Waals surface area contributed by atoms with Crippen molar-refractivity contribution in [3.63, 3.8) is 0 Å². The van der Waals surface area contributed by atoms with Crippen LogP contribution in [0.4, 0.5) is 13.2 Å². The first kappa shape index (κ1) is 11.1. The lowest BCUT2D eigenvalue weighted by atomic mass is 10.1. The van der Waals surface area contributed by atoms with E-state index in [1.807, 2.05) is 0 Å². The first-order valence-corrected chi connectivity index (χ1v) is 4.78. The van der Waals surface area contributed by atoms with E-state index in [1.165, 1.54) is 12.1 Å². The third-order valence-electron chi connectivity index (χ3n) is 2.05. The molecule has 0 saturated heterocycles. The average Bonchev–Trinajstić information content (AvgIpc) is 2.21. The van der Waals surface area contributed by atoms with Crippen LogP contribution < -0.4 is 4.74 Å². The molecule has 5 heteroatoms. The van der Waals surface area contributed by atoms with Crippen molar-refractivity contribution in [3.8, 4) is 5.75 Å². The van der Waals surface area contributed by atoms with Crippen molar-refractivity contribution < 1.29 is 17.9 Å². The summed E-state index contributed by atoms with van der Waals surface area (Å²) in [6.07, 6.45) is -4.74. The van der Waals surface area contributed by atoms with Gasteiger partial charge in [0.2, 0.25) is 0 Å². The topological polar surface area (TPSA) is 9.23 Å². The van der Waals surface area contributed by atoms with E-state index in [0.29, 0.717) is 10.8 Å². The van der Waals surface area contributed by atoms with E-state index in [2.05, 4.69) is 4.74 Å². The van der Waals surface area contributed by atoms with E-state index in [1.54, 1.807) is 24.3 Å². The summed E-state index contributed by atoms with van der Waals surface area (Å²) in [6, 6.07) is 9.60. The summed E-state index contributed by atoms with van der Waals surface area (Å²) in [6.45, 7) is 0. The van der Waals surface area contributed by atoms with E-state index >= 15 is 0 Å². The first-order valence-electron chi connectivity index (χ1n) is 4.40. The van der Waals surface area contributed by atoms with Crippen molar-refractivity contribution in [2.75, 3.05) is 0 Å². The van der Waals surface area contributed by atoms with Gasteiger partial charge in [-0.25, -0.2) is 0 Å². The standard InChI is InChI=1S/C11H6ClF3O/c12-9-6-5-7-3-1-2-4-8(7)10(9)16-11(13,14)15/h1-6H. The monoisotopic (exact) mass is 246 g/mol. The van der Waals surface area contributed by atoms with E-state index in [0.717, 1.165) is 0 Å². The molecule has 0 aromatic heterocycles. The zero-order chi connectivity index (χ0) is 11.8. The number of hydrogen-bond acceptors (Lipinski definition) is 1. The number of benzene rings is 2. The molecule has 0 aliphatic heterocycles. The maximum Gasteiger partial charge on any atom is 0.573 e. The highest BCUT2D eigenvalue weighted by Gasteiger charge is 2.32. The summed E-state index contributed by atoms with van der Waals surface area (Å²) in [5, 5.41) is 0.925. The Morgan fingerprint density at radius 3 is 2.38 bits per heavy atom. The van der Waals surface area contributed by atoms with E-state index < -0.39 is 6.36 Å². The largest absolute Gasteiger partial charge is 0.573 e. The summed E-state index contributed by atoms with van der Waals surface area (Å²) in [7, 11) is 0. The highest BCUT2D eigenvalue weighted by Crippen LogP contribution is 2.36. The molecule has 0 N–H and O–H groups in total. The van der Waals surface area contributed by atoms with Gasteiger partial charge in [-0.3, -0.25) is 0 Å². The smallest absolute Gasteiger partial charge is 0.404 e. The minimum atomic E-state index is -4.74. The quantitative estimate of drug-likeness (QED) is 0.725. The lowest BCUT2D eigenvalue weighted by molar-refractivity contribution is -0.274. The summed E-state index contributed by atoms with van der Waals surface area (Å²) in [5.74, 6) is -0.354. The van der Waals surface area contributed by atoms with Gasteiger partial charge >= 0.3 is 6.36 Å². The van der Waals surface area contributed by atoms with E-state index in [4.69, 9.17) is 11.6 Å². The molecule has 84 valence electrons. The van der Waals surface area contributed by atoms with Crippen molar-refractivity contribution in [1.82, 2.24) is 0 Å². The van der Waals surface area contributed by atoms with Crippen LogP contribution >= 0.6 is 11.6 Å². The summed E-state index contributed by atoms with van der Waals surface area (Å²) in [5.41, 5.74) is 0. The predicted molar refractivity (Wildman–Crippen MR) is 55.6 cm³/mol. The van der Waals surface area contributed by atoms with Crippen LogP contribution in [0.3, 0.4) is 0 Å². The number of halogens is 4. The maximum atomic E-state index is 12.2. The number of hydrogen-bond donors (Lipinski definition) is 0. The number of fused-ring (bicyclic) bond motifs is 1. The molecule has 0 aliphatic carbocycles.